The summed E-state index contributed by atoms with van der Waals surface area (Å²) in [7, 11) is 0. The predicted octanol–water partition coefficient (Wildman–Crippen LogP) is 3.20. The Kier molecular flexibility index (Phi) is 5.73. The molecule has 1 aromatic carbocycles. The highest BCUT2D eigenvalue weighted by molar-refractivity contribution is 6.30. The average Bonchev–Trinajstić information content (AvgIpc) is 2.34. The molecule has 0 unspecified atom stereocenters. The fourth-order valence-corrected chi connectivity index (χ4v) is 2.63. The number of aryl methyl sites for hydroxylation is 1. The SMILES string of the molecule is Cc1cc(Cl)cc([C@H](N)C2CCOCC2)c1O.Cl. The molecule has 0 aromatic heterocycles. The topological polar surface area (TPSA) is 55.5 Å². The van der Waals surface area contributed by atoms with Crippen LogP contribution in [0.25, 0.3) is 0 Å². The minimum atomic E-state index is -0.170. The molecule has 0 aliphatic carbocycles. The maximum Gasteiger partial charge on any atom is 0.123 e. The molecule has 0 amide bonds. The van der Waals surface area contributed by atoms with E-state index in [9.17, 15) is 5.11 Å². The largest absolute Gasteiger partial charge is 0.507 e. The van der Waals surface area contributed by atoms with Crippen molar-refractivity contribution in [2.75, 3.05) is 13.2 Å². The van der Waals surface area contributed by atoms with Crippen molar-refractivity contribution in [1.82, 2.24) is 0 Å². The lowest BCUT2D eigenvalue weighted by atomic mass is 9.87. The van der Waals surface area contributed by atoms with Gasteiger partial charge in [0.15, 0.2) is 0 Å². The molecule has 18 heavy (non-hydrogen) atoms. The number of hydrogen-bond acceptors (Lipinski definition) is 3. The molecule has 102 valence electrons. The highest BCUT2D eigenvalue weighted by atomic mass is 35.5. The first-order valence-electron chi connectivity index (χ1n) is 5.92. The van der Waals surface area contributed by atoms with Crippen molar-refractivity contribution in [3.05, 3.63) is 28.3 Å². The standard InChI is InChI=1S/C13H18ClNO2.ClH/c1-8-6-10(14)7-11(13(8)16)12(15)9-2-4-17-5-3-9;/h6-7,9,12,16H,2-5,15H2,1H3;1H/t12-;/m1./s1. The van der Waals surface area contributed by atoms with Crippen LogP contribution in [0.4, 0.5) is 0 Å². The molecule has 1 heterocycles. The van der Waals surface area contributed by atoms with Crippen LogP contribution in [0.3, 0.4) is 0 Å². The summed E-state index contributed by atoms with van der Waals surface area (Å²) < 4.78 is 5.32. The molecule has 5 heteroatoms. The second kappa shape index (κ2) is 6.62. The van der Waals surface area contributed by atoms with Gasteiger partial charge in [-0.2, -0.15) is 0 Å². The smallest absolute Gasteiger partial charge is 0.123 e. The molecule has 1 fully saturated rings. The molecule has 1 aromatic rings. The van der Waals surface area contributed by atoms with Crippen LogP contribution in [0.5, 0.6) is 5.75 Å². The van der Waals surface area contributed by atoms with Crippen molar-refractivity contribution in [3.63, 3.8) is 0 Å². The van der Waals surface area contributed by atoms with Crippen molar-refractivity contribution >= 4 is 24.0 Å². The Morgan fingerprint density at radius 2 is 2.00 bits per heavy atom. The van der Waals surface area contributed by atoms with Gasteiger partial charge in [-0.25, -0.2) is 0 Å². The van der Waals surface area contributed by atoms with E-state index < -0.39 is 0 Å². The van der Waals surface area contributed by atoms with Crippen molar-refractivity contribution < 1.29 is 9.84 Å². The van der Waals surface area contributed by atoms with Crippen LogP contribution in [0.15, 0.2) is 12.1 Å². The Bertz CT molecular complexity index is 406. The number of rotatable bonds is 2. The van der Waals surface area contributed by atoms with Gasteiger partial charge in [0, 0.05) is 29.8 Å². The molecular weight excluding hydrogens is 273 g/mol. The van der Waals surface area contributed by atoms with Gasteiger partial charge in [0.2, 0.25) is 0 Å². The number of phenols is 1. The number of benzene rings is 1. The second-order valence-corrected chi connectivity index (χ2v) is 5.07. The van der Waals surface area contributed by atoms with Gasteiger partial charge in [0.1, 0.15) is 5.75 Å². The van der Waals surface area contributed by atoms with E-state index in [1.807, 2.05) is 6.92 Å². The molecule has 3 nitrogen and oxygen atoms in total. The first kappa shape index (κ1) is 15.6. The van der Waals surface area contributed by atoms with E-state index in [0.29, 0.717) is 10.9 Å². The van der Waals surface area contributed by atoms with E-state index in [4.69, 9.17) is 22.1 Å². The molecule has 3 N–H and O–H groups in total. The van der Waals surface area contributed by atoms with E-state index >= 15 is 0 Å². The van der Waals surface area contributed by atoms with Gasteiger partial charge < -0.3 is 15.6 Å². The molecule has 0 spiro atoms. The van der Waals surface area contributed by atoms with Crippen LogP contribution >= 0.6 is 24.0 Å². The Morgan fingerprint density at radius 3 is 2.61 bits per heavy atom. The van der Waals surface area contributed by atoms with Gasteiger partial charge in [-0.05, 0) is 43.4 Å². The minimum Gasteiger partial charge on any atom is -0.507 e. The van der Waals surface area contributed by atoms with Crippen LogP contribution in [0.1, 0.15) is 30.0 Å². The molecule has 0 radical (unpaired) electrons. The maximum absolute atomic E-state index is 10.1. The molecular formula is C13H19Cl2NO2. The summed E-state index contributed by atoms with van der Waals surface area (Å²) >= 11 is 6.01. The van der Waals surface area contributed by atoms with E-state index in [0.717, 1.165) is 37.2 Å². The zero-order chi connectivity index (χ0) is 12.4. The van der Waals surface area contributed by atoms with Crippen LogP contribution < -0.4 is 5.73 Å². The highest BCUT2D eigenvalue weighted by Crippen LogP contribution is 2.36. The molecule has 1 saturated heterocycles. The highest BCUT2D eigenvalue weighted by Gasteiger charge is 2.25. The monoisotopic (exact) mass is 291 g/mol. The van der Waals surface area contributed by atoms with Crippen LogP contribution in [-0.2, 0) is 4.74 Å². The number of halogens is 2. The number of ether oxygens (including phenoxy) is 1. The molecule has 1 atom stereocenters. The van der Waals surface area contributed by atoms with Crippen molar-refractivity contribution in [2.24, 2.45) is 11.7 Å². The van der Waals surface area contributed by atoms with Gasteiger partial charge in [-0.3, -0.25) is 0 Å². The normalized spacial score (nSPS) is 18.2. The third kappa shape index (κ3) is 3.29. The van der Waals surface area contributed by atoms with Crippen molar-refractivity contribution in [2.45, 2.75) is 25.8 Å². The Hall–Kier alpha value is -0.480. The van der Waals surface area contributed by atoms with Gasteiger partial charge in [-0.15, -0.1) is 12.4 Å². The second-order valence-electron chi connectivity index (χ2n) is 4.64. The van der Waals surface area contributed by atoms with Gasteiger partial charge in [-0.1, -0.05) is 11.6 Å². The summed E-state index contributed by atoms with van der Waals surface area (Å²) in [4.78, 5) is 0. The zero-order valence-electron chi connectivity index (χ0n) is 10.4. The van der Waals surface area contributed by atoms with E-state index in [-0.39, 0.29) is 24.2 Å². The summed E-state index contributed by atoms with van der Waals surface area (Å²) in [5.41, 5.74) is 7.76. The van der Waals surface area contributed by atoms with E-state index in [1.165, 1.54) is 0 Å². The van der Waals surface area contributed by atoms with Gasteiger partial charge >= 0.3 is 0 Å². The number of hydrogen-bond donors (Lipinski definition) is 2. The van der Waals surface area contributed by atoms with Crippen LogP contribution in [-0.4, -0.2) is 18.3 Å². The van der Waals surface area contributed by atoms with Gasteiger partial charge in [0.25, 0.3) is 0 Å². The van der Waals surface area contributed by atoms with Crippen LogP contribution in [0.2, 0.25) is 5.02 Å². The average molecular weight is 292 g/mol. The first-order valence-corrected chi connectivity index (χ1v) is 6.29. The zero-order valence-corrected chi connectivity index (χ0v) is 11.9. The Balaban J connectivity index is 0.00000162. The summed E-state index contributed by atoms with van der Waals surface area (Å²) in [6, 6.07) is 3.34. The third-order valence-corrected chi connectivity index (χ3v) is 3.65. The third-order valence-electron chi connectivity index (χ3n) is 3.43. The first-order chi connectivity index (χ1) is 8.09. The quantitative estimate of drug-likeness (QED) is 0.880. The fourth-order valence-electron chi connectivity index (χ4n) is 2.34. The number of phenolic OH excluding ortho intramolecular Hbond substituents is 1. The molecule has 0 saturated carbocycles. The summed E-state index contributed by atoms with van der Waals surface area (Å²) in [6.45, 7) is 3.33. The summed E-state index contributed by atoms with van der Waals surface area (Å²) in [5, 5.41) is 10.7. The lowest BCUT2D eigenvalue weighted by Crippen LogP contribution is -2.27. The number of aromatic hydroxyl groups is 1. The minimum absolute atomic E-state index is 0. The lowest BCUT2D eigenvalue weighted by molar-refractivity contribution is 0.0581. The predicted molar refractivity (Wildman–Crippen MR) is 75.6 cm³/mol. The van der Waals surface area contributed by atoms with Crippen molar-refractivity contribution in [1.29, 1.82) is 0 Å². The van der Waals surface area contributed by atoms with E-state index in [1.54, 1.807) is 12.1 Å². The summed E-state index contributed by atoms with van der Waals surface area (Å²) in [6.07, 6.45) is 1.87. The molecule has 0 bridgehead atoms. The van der Waals surface area contributed by atoms with Gasteiger partial charge in [0.05, 0.1) is 0 Å². The molecule has 1 aliphatic rings. The van der Waals surface area contributed by atoms with E-state index in [2.05, 4.69) is 0 Å². The van der Waals surface area contributed by atoms with Crippen LogP contribution in [0, 0.1) is 12.8 Å². The molecule has 2 rings (SSSR count). The molecule has 1 aliphatic heterocycles. The fraction of sp³-hybridized carbons (Fsp3) is 0.538. The lowest BCUT2D eigenvalue weighted by Gasteiger charge is -2.28. The Morgan fingerprint density at radius 1 is 1.39 bits per heavy atom. The van der Waals surface area contributed by atoms with Crippen molar-refractivity contribution in [3.8, 4) is 5.75 Å². The Labute approximate surface area is 119 Å². The number of nitrogens with two attached hydrogens (primary N) is 1. The summed E-state index contributed by atoms with van der Waals surface area (Å²) in [5.74, 6) is 0.626. The maximum atomic E-state index is 10.1.